The first kappa shape index (κ1) is 10.3. The highest BCUT2D eigenvalue weighted by molar-refractivity contribution is 5.38. The van der Waals surface area contributed by atoms with Crippen LogP contribution >= 0.6 is 0 Å². The van der Waals surface area contributed by atoms with Gasteiger partial charge in [0.1, 0.15) is 0 Å². The summed E-state index contributed by atoms with van der Waals surface area (Å²) in [5.41, 5.74) is 5.78. The highest BCUT2D eigenvalue weighted by atomic mass is 14.1. The zero-order valence-corrected chi connectivity index (χ0v) is 9.44. The second-order valence-corrected chi connectivity index (χ2v) is 4.09. The number of hydrogen-bond acceptors (Lipinski definition) is 0. The summed E-state index contributed by atoms with van der Waals surface area (Å²) in [5.74, 6) is 0.693. The Kier molecular flexibility index (Phi) is 3.13. The van der Waals surface area contributed by atoms with E-state index in [2.05, 4.69) is 46.8 Å². The molecule has 0 heteroatoms. The standard InChI is InChI=1S/C13H20/c1-6-9(2)13-7-10(3)12(5)11(4)8-13/h7-9H,6H2,1-5H3/t9-/m0/s1. The number of hydrogen-bond donors (Lipinski definition) is 0. The first-order valence-corrected chi connectivity index (χ1v) is 5.14. The van der Waals surface area contributed by atoms with E-state index < -0.39 is 0 Å². The molecule has 0 fully saturated rings. The van der Waals surface area contributed by atoms with Crippen LogP contribution in [0.15, 0.2) is 12.1 Å². The normalized spacial score (nSPS) is 13.0. The Morgan fingerprint density at radius 3 is 1.92 bits per heavy atom. The molecule has 0 saturated heterocycles. The third kappa shape index (κ3) is 2.12. The lowest BCUT2D eigenvalue weighted by Gasteiger charge is -2.13. The first-order chi connectivity index (χ1) is 6.06. The molecule has 0 bridgehead atoms. The van der Waals surface area contributed by atoms with Gasteiger partial charge in [-0.05, 0) is 55.4 Å². The van der Waals surface area contributed by atoms with E-state index in [-0.39, 0.29) is 0 Å². The van der Waals surface area contributed by atoms with Crippen molar-refractivity contribution in [3.05, 3.63) is 34.4 Å². The number of rotatable bonds is 2. The molecule has 0 nitrogen and oxygen atoms in total. The highest BCUT2D eigenvalue weighted by Crippen LogP contribution is 2.23. The fourth-order valence-electron chi connectivity index (χ4n) is 1.59. The van der Waals surface area contributed by atoms with Crippen molar-refractivity contribution in [1.29, 1.82) is 0 Å². The maximum Gasteiger partial charge on any atom is -0.0193 e. The minimum Gasteiger partial charge on any atom is -0.0648 e. The van der Waals surface area contributed by atoms with Crippen molar-refractivity contribution < 1.29 is 0 Å². The minimum atomic E-state index is 0.693. The molecule has 0 aromatic heterocycles. The molecular formula is C13H20. The quantitative estimate of drug-likeness (QED) is 0.635. The van der Waals surface area contributed by atoms with Crippen molar-refractivity contribution in [2.75, 3.05) is 0 Å². The summed E-state index contributed by atoms with van der Waals surface area (Å²) in [4.78, 5) is 0. The molecule has 13 heavy (non-hydrogen) atoms. The lowest BCUT2D eigenvalue weighted by atomic mass is 9.92. The van der Waals surface area contributed by atoms with Crippen LogP contribution in [0, 0.1) is 20.8 Å². The summed E-state index contributed by atoms with van der Waals surface area (Å²) in [6.45, 7) is 11.1. The molecule has 0 radical (unpaired) electrons. The number of benzene rings is 1. The molecule has 1 aromatic rings. The third-order valence-electron chi connectivity index (χ3n) is 3.13. The van der Waals surface area contributed by atoms with Crippen molar-refractivity contribution in [1.82, 2.24) is 0 Å². The summed E-state index contributed by atoms with van der Waals surface area (Å²) in [7, 11) is 0. The van der Waals surface area contributed by atoms with Gasteiger partial charge < -0.3 is 0 Å². The molecule has 0 aliphatic rings. The van der Waals surface area contributed by atoms with E-state index in [9.17, 15) is 0 Å². The SMILES string of the molecule is CC[C@H](C)c1cc(C)c(C)c(C)c1. The highest BCUT2D eigenvalue weighted by Gasteiger charge is 2.05. The van der Waals surface area contributed by atoms with Gasteiger partial charge in [-0.1, -0.05) is 26.0 Å². The lowest BCUT2D eigenvalue weighted by molar-refractivity contribution is 0.731. The van der Waals surface area contributed by atoms with Crippen molar-refractivity contribution >= 4 is 0 Å². The molecule has 0 amide bonds. The second kappa shape index (κ2) is 3.95. The van der Waals surface area contributed by atoms with Gasteiger partial charge in [0.25, 0.3) is 0 Å². The molecule has 0 aliphatic heterocycles. The van der Waals surface area contributed by atoms with Crippen LogP contribution in [-0.4, -0.2) is 0 Å². The predicted molar refractivity (Wildman–Crippen MR) is 59.4 cm³/mol. The van der Waals surface area contributed by atoms with Gasteiger partial charge in [-0.3, -0.25) is 0 Å². The Hall–Kier alpha value is -0.780. The van der Waals surface area contributed by atoms with E-state index in [0.29, 0.717) is 5.92 Å². The smallest absolute Gasteiger partial charge is 0.0193 e. The fourth-order valence-corrected chi connectivity index (χ4v) is 1.59. The Labute approximate surface area is 82.0 Å². The van der Waals surface area contributed by atoms with E-state index in [4.69, 9.17) is 0 Å². The van der Waals surface area contributed by atoms with Crippen molar-refractivity contribution in [3.8, 4) is 0 Å². The van der Waals surface area contributed by atoms with Gasteiger partial charge in [0.05, 0.1) is 0 Å². The van der Waals surface area contributed by atoms with Crippen LogP contribution in [-0.2, 0) is 0 Å². The Morgan fingerprint density at radius 1 is 1.08 bits per heavy atom. The van der Waals surface area contributed by atoms with Gasteiger partial charge in [-0.2, -0.15) is 0 Å². The van der Waals surface area contributed by atoms with Gasteiger partial charge in [-0.25, -0.2) is 0 Å². The Bertz CT molecular complexity index is 274. The van der Waals surface area contributed by atoms with Gasteiger partial charge in [-0.15, -0.1) is 0 Å². The fraction of sp³-hybridized carbons (Fsp3) is 0.538. The van der Waals surface area contributed by atoms with Gasteiger partial charge in [0, 0.05) is 0 Å². The molecule has 1 aromatic carbocycles. The molecule has 0 unspecified atom stereocenters. The van der Waals surface area contributed by atoms with Gasteiger partial charge in [0.15, 0.2) is 0 Å². The van der Waals surface area contributed by atoms with E-state index in [0.717, 1.165) is 0 Å². The monoisotopic (exact) mass is 176 g/mol. The topological polar surface area (TPSA) is 0 Å². The van der Waals surface area contributed by atoms with Crippen LogP contribution < -0.4 is 0 Å². The molecule has 0 aliphatic carbocycles. The van der Waals surface area contributed by atoms with Crippen LogP contribution in [0.1, 0.15) is 48.4 Å². The van der Waals surface area contributed by atoms with Crippen LogP contribution in [0.2, 0.25) is 0 Å². The third-order valence-corrected chi connectivity index (χ3v) is 3.13. The van der Waals surface area contributed by atoms with Crippen LogP contribution in [0.5, 0.6) is 0 Å². The summed E-state index contributed by atoms with van der Waals surface area (Å²) >= 11 is 0. The molecule has 0 N–H and O–H groups in total. The zero-order valence-electron chi connectivity index (χ0n) is 9.44. The largest absolute Gasteiger partial charge is 0.0648 e. The lowest BCUT2D eigenvalue weighted by Crippen LogP contribution is -1.95. The van der Waals surface area contributed by atoms with E-state index in [1.165, 1.54) is 28.7 Å². The summed E-state index contributed by atoms with van der Waals surface area (Å²) in [6.07, 6.45) is 1.22. The van der Waals surface area contributed by atoms with E-state index >= 15 is 0 Å². The minimum absolute atomic E-state index is 0.693. The first-order valence-electron chi connectivity index (χ1n) is 5.14. The van der Waals surface area contributed by atoms with Crippen molar-refractivity contribution in [2.24, 2.45) is 0 Å². The average Bonchev–Trinajstić information content (AvgIpc) is 2.12. The average molecular weight is 176 g/mol. The Balaban J connectivity index is 3.13. The van der Waals surface area contributed by atoms with Gasteiger partial charge >= 0.3 is 0 Å². The van der Waals surface area contributed by atoms with Crippen LogP contribution in [0.4, 0.5) is 0 Å². The molecule has 72 valence electrons. The molecule has 0 saturated carbocycles. The van der Waals surface area contributed by atoms with Crippen molar-refractivity contribution in [2.45, 2.75) is 47.0 Å². The molecular weight excluding hydrogens is 156 g/mol. The zero-order chi connectivity index (χ0) is 10.0. The van der Waals surface area contributed by atoms with Gasteiger partial charge in [0.2, 0.25) is 0 Å². The van der Waals surface area contributed by atoms with Crippen LogP contribution in [0.3, 0.4) is 0 Å². The summed E-state index contributed by atoms with van der Waals surface area (Å²) < 4.78 is 0. The molecule has 0 heterocycles. The summed E-state index contributed by atoms with van der Waals surface area (Å²) in [5, 5.41) is 0. The maximum atomic E-state index is 2.33. The molecule has 1 atom stereocenters. The summed E-state index contributed by atoms with van der Waals surface area (Å²) in [6, 6.07) is 4.66. The maximum absolute atomic E-state index is 2.33. The van der Waals surface area contributed by atoms with Crippen molar-refractivity contribution in [3.63, 3.8) is 0 Å². The van der Waals surface area contributed by atoms with E-state index in [1.807, 2.05) is 0 Å². The molecule has 1 rings (SSSR count). The molecule has 0 spiro atoms. The van der Waals surface area contributed by atoms with E-state index in [1.54, 1.807) is 0 Å². The second-order valence-electron chi connectivity index (χ2n) is 4.09. The number of aryl methyl sites for hydroxylation is 2. The van der Waals surface area contributed by atoms with Crippen LogP contribution in [0.25, 0.3) is 0 Å². The predicted octanol–water partition coefficient (Wildman–Crippen LogP) is 4.13. The Morgan fingerprint density at radius 2 is 1.54 bits per heavy atom.